The standard InChI is InChI=1S/C18H21FO5/c1-12(20)13-9-16(21-2)18(17(10-13)22-3)24-8-7-23-15-6-4-5-14(19)11-15/h4-6,9-12,20H,7-8H2,1-3H3. The predicted octanol–water partition coefficient (Wildman–Crippen LogP) is 3.35. The number of ether oxygens (including phenoxy) is 4. The van der Waals surface area contributed by atoms with Gasteiger partial charge in [0.25, 0.3) is 0 Å². The summed E-state index contributed by atoms with van der Waals surface area (Å²) in [5.74, 6) is 1.41. The van der Waals surface area contributed by atoms with Gasteiger partial charge in [0.05, 0.1) is 20.3 Å². The van der Waals surface area contributed by atoms with Gasteiger partial charge in [-0.05, 0) is 36.8 Å². The molecule has 2 aromatic rings. The van der Waals surface area contributed by atoms with Crippen LogP contribution < -0.4 is 18.9 Å². The molecular formula is C18H21FO5. The molecule has 0 aliphatic carbocycles. The highest BCUT2D eigenvalue weighted by Crippen LogP contribution is 2.39. The van der Waals surface area contributed by atoms with E-state index in [-0.39, 0.29) is 19.0 Å². The Balaban J connectivity index is 2.03. The maximum absolute atomic E-state index is 13.1. The van der Waals surface area contributed by atoms with E-state index in [1.54, 1.807) is 31.2 Å². The average Bonchev–Trinajstić information content (AvgIpc) is 2.58. The zero-order valence-corrected chi connectivity index (χ0v) is 13.9. The van der Waals surface area contributed by atoms with E-state index in [0.29, 0.717) is 28.6 Å². The number of aliphatic hydroxyl groups is 1. The Morgan fingerprint density at radius 2 is 1.62 bits per heavy atom. The third-order valence-corrected chi connectivity index (χ3v) is 3.36. The first-order valence-electron chi connectivity index (χ1n) is 7.50. The summed E-state index contributed by atoms with van der Waals surface area (Å²) in [6.07, 6.45) is -0.654. The van der Waals surface area contributed by atoms with Crippen LogP contribution in [0.25, 0.3) is 0 Å². The predicted molar refractivity (Wildman–Crippen MR) is 87.6 cm³/mol. The summed E-state index contributed by atoms with van der Waals surface area (Å²) in [6.45, 7) is 2.10. The summed E-state index contributed by atoms with van der Waals surface area (Å²) in [6, 6.07) is 9.28. The monoisotopic (exact) mass is 336 g/mol. The fourth-order valence-corrected chi connectivity index (χ4v) is 2.14. The van der Waals surface area contributed by atoms with Crippen LogP contribution in [0.4, 0.5) is 4.39 Å². The summed E-state index contributed by atoms with van der Waals surface area (Å²) in [7, 11) is 3.02. The first-order valence-corrected chi connectivity index (χ1v) is 7.50. The van der Waals surface area contributed by atoms with Gasteiger partial charge < -0.3 is 24.1 Å². The minimum atomic E-state index is -0.654. The zero-order valence-electron chi connectivity index (χ0n) is 13.9. The summed E-state index contributed by atoms with van der Waals surface area (Å²) in [5.41, 5.74) is 0.659. The van der Waals surface area contributed by atoms with Crippen molar-refractivity contribution >= 4 is 0 Å². The van der Waals surface area contributed by atoms with Crippen LogP contribution >= 0.6 is 0 Å². The van der Waals surface area contributed by atoms with Crippen molar-refractivity contribution < 1.29 is 28.4 Å². The molecule has 0 bridgehead atoms. The second kappa shape index (κ2) is 8.40. The topological polar surface area (TPSA) is 57.2 Å². The number of halogens is 1. The molecule has 0 heterocycles. The molecule has 1 atom stereocenters. The summed E-state index contributed by atoms with van der Waals surface area (Å²) in [5, 5.41) is 9.71. The molecule has 2 rings (SSSR count). The summed E-state index contributed by atoms with van der Waals surface area (Å²) < 4.78 is 34.8. The number of benzene rings is 2. The Labute approximate surface area is 140 Å². The van der Waals surface area contributed by atoms with Crippen LogP contribution in [0.15, 0.2) is 36.4 Å². The van der Waals surface area contributed by atoms with Gasteiger partial charge in [-0.25, -0.2) is 4.39 Å². The van der Waals surface area contributed by atoms with E-state index >= 15 is 0 Å². The van der Waals surface area contributed by atoms with Gasteiger partial charge in [0.2, 0.25) is 5.75 Å². The number of hydrogen-bond acceptors (Lipinski definition) is 5. The van der Waals surface area contributed by atoms with E-state index in [9.17, 15) is 9.50 Å². The third-order valence-electron chi connectivity index (χ3n) is 3.36. The first kappa shape index (κ1) is 17.9. The van der Waals surface area contributed by atoms with Gasteiger partial charge in [0, 0.05) is 6.07 Å². The Kier molecular flexibility index (Phi) is 6.26. The fourth-order valence-electron chi connectivity index (χ4n) is 2.14. The molecule has 0 saturated carbocycles. The number of rotatable bonds is 8. The van der Waals surface area contributed by atoms with Gasteiger partial charge in [0.15, 0.2) is 11.5 Å². The fraction of sp³-hybridized carbons (Fsp3) is 0.333. The molecule has 1 unspecified atom stereocenters. The van der Waals surface area contributed by atoms with Crippen LogP contribution in [0.1, 0.15) is 18.6 Å². The maximum Gasteiger partial charge on any atom is 0.203 e. The molecule has 0 aliphatic rings. The molecule has 24 heavy (non-hydrogen) atoms. The Hall–Kier alpha value is -2.47. The van der Waals surface area contributed by atoms with Crippen molar-refractivity contribution in [2.75, 3.05) is 27.4 Å². The molecule has 0 aliphatic heterocycles. The summed E-state index contributed by atoms with van der Waals surface area (Å²) >= 11 is 0. The minimum absolute atomic E-state index is 0.220. The molecule has 130 valence electrons. The molecule has 0 spiro atoms. The van der Waals surface area contributed by atoms with Crippen LogP contribution in [-0.2, 0) is 0 Å². The molecule has 0 fully saturated rings. The SMILES string of the molecule is COc1cc(C(C)O)cc(OC)c1OCCOc1cccc(F)c1. The molecule has 6 heteroatoms. The minimum Gasteiger partial charge on any atom is -0.493 e. The molecule has 0 radical (unpaired) electrons. The van der Waals surface area contributed by atoms with Crippen LogP contribution in [0.5, 0.6) is 23.0 Å². The van der Waals surface area contributed by atoms with E-state index < -0.39 is 6.10 Å². The van der Waals surface area contributed by atoms with Crippen LogP contribution in [0.2, 0.25) is 0 Å². The molecule has 1 N–H and O–H groups in total. The Morgan fingerprint density at radius 1 is 1.00 bits per heavy atom. The molecular weight excluding hydrogens is 315 g/mol. The molecule has 5 nitrogen and oxygen atoms in total. The van der Waals surface area contributed by atoms with Gasteiger partial charge >= 0.3 is 0 Å². The van der Waals surface area contributed by atoms with Crippen molar-refractivity contribution in [2.45, 2.75) is 13.0 Å². The van der Waals surface area contributed by atoms with Gasteiger partial charge in [0.1, 0.15) is 24.8 Å². The second-order valence-corrected chi connectivity index (χ2v) is 5.08. The molecule has 2 aromatic carbocycles. The van der Waals surface area contributed by atoms with Crippen molar-refractivity contribution in [1.82, 2.24) is 0 Å². The normalized spacial score (nSPS) is 11.7. The van der Waals surface area contributed by atoms with E-state index in [1.807, 2.05) is 0 Å². The first-order chi connectivity index (χ1) is 11.5. The van der Waals surface area contributed by atoms with Crippen molar-refractivity contribution in [3.63, 3.8) is 0 Å². The Bertz CT molecular complexity index is 647. The van der Waals surface area contributed by atoms with Gasteiger partial charge in [-0.1, -0.05) is 6.07 Å². The Morgan fingerprint density at radius 3 is 2.17 bits per heavy atom. The van der Waals surface area contributed by atoms with E-state index in [0.717, 1.165) is 0 Å². The maximum atomic E-state index is 13.1. The largest absolute Gasteiger partial charge is 0.493 e. The van der Waals surface area contributed by atoms with Crippen LogP contribution in [0.3, 0.4) is 0 Å². The lowest BCUT2D eigenvalue weighted by atomic mass is 10.1. The van der Waals surface area contributed by atoms with Crippen LogP contribution in [0, 0.1) is 5.82 Å². The number of methoxy groups -OCH3 is 2. The van der Waals surface area contributed by atoms with E-state index in [2.05, 4.69) is 0 Å². The molecule has 0 saturated heterocycles. The van der Waals surface area contributed by atoms with Gasteiger partial charge in [-0.15, -0.1) is 0 Å². The average molecular weight is 336 g/mol. The van der Waals surface area contributed by atoms with Crippen molar-refractivity contribution in [3.05, 3.63) is 47.8 Å². The lowest BCUT2D eigenvalue weighted by Gasteiger charge is -2.17. The highest BCUT2D eigenvalue weighted by atomic mass is 19.1. The van der Waals surface area contributed by atoms with E-state index in [1.165, 1.54) is 26.4 Å². The second-order valence-electron chi connectivity index (χ2n) is 5.08. The highest BCUT2D eigenvalue weighted by molar-refractivity contribution is 5.54. The number of aliphatic hydroxyl groups excluding tert-OH is 1. The van der Waals surface area contributed by atoms with E-state index in [4.69, 9.17) is 18.9 Å². The van der Waals surface area contributed by atoms with Gasteiger partial charge in [-0.3, -0.25) is 0 Å². The lowest BCUT2D eigenvalue weighted by Crippen LogP contribution is -2.10. The zero-order chi connectivity index (χ0) is 17.5. The van der Waals surface area contributed by atoms with Crippen molar-refractivity contribution in [3.8, 4) is 23.0 Å². The summed E-state index contributed by atoms with van der Waals surface area (Å²) in [4.78, 5) is 0. The van der Waals surface area contributed by atoms with Crippen LogP contribution in [-0.4, -0.2) is 32.5 Å². The molecule has 0 amide bonds. The van der Waals surface area contributed by atoms with Crippen molar-refractivity contribution in [2.24, 2.45) is 0 Å². The third kappa shape index (κ3) is 4.52. The van der Waals surface area contributed by atoms with Gasteiger partial charge in [-0.2, -0.15) is 0 Å². The quantitative estimate of drug-likeness (QED) is 0.749. The smallest absolute Gasteiger partial charge is 0.203 e. The van der Waals surface area contributed by atoms with Crippen molar-refractivity contribution in [1.29, 1.82) is 0 Å². The lowest BCUT2D eigenvalue weighted by molar-refractivity contribution is 0.194. The molecule has 0 aromatic heterocycles. The highest BCUT2D eigenvalue weighted by Gasteiger charge is 2.16. The number of hydrogen-bond donors (Lipinski definition) is 1.